The lowest BCUT2D eigenvalue weighted by Crippen LogP contribution is -2.24. The molecule has 0 radical (unpaired) electrons. The first-order valence-corrected chi connectivity index (χ1v) is 6.85. The summed E-state index contributed by atoms with van der Waals surface area (Å²) in [6.07, 6.45) is 2.75. The molecule has 0 aliphatic heterocycles. The minimum atomic E-state index is -0.341. The lowest BCUT2D eigenvalue weighted by Gasteiger charge is -2.06. The summed E-state index contributed by atoms with van der Waals surface area (Å²) >= 11 is 0. The third kappa shape index (κ3) is 3.49. The van der Waals surface area contributed by atoms with Gasteiger partial charge in [-0.25, -0.2) is 15.0 Å². The zero-order chi connectivity index (χ0) is 16.1. The lowest BCUT2D eigenvalue weighted by molar-refractivity contribution is 0.0940. The summed E-state index contributed by atoms with van der Waals surface area (Å²) in [5, 5.41) is 8.85. The lowest BCUT2D eigenvalue weighted by atomic mass is 10.1. The van der Waals surface area contributed by atoms with Gasteiger partial charge in [-0.1, -0.05) is 0 Å². The van der Waals surface area contributed by atoms with Gasteiger partial charge in [-0.3, -0.25) is 9.89 Å². The number of hydrogen-bond acceptors (Lipinski definition) is 6. The number of rotatable bonds is 5. The van der Waals surface area contributed by atoms with Gasteiger partial charge in [0, 0.05) is 5.56 Å². The first kappa shape index (κ1) is 14.6. The molecule has 3 aromatic rings. The van der Waals surface area contributed by atoms with Crippen molar-refractivity contribution in [3.05, 3.63) is 54.5 Å². The summed E-state index contributed by atoms with van der Waals surface area (Å²) < 4.78 is 5.13. The van der Waals surface area contributed by atoms with Gasteiger partial charge in [0.25, 0.3) is 5.91 Å². The summed E-state index contributed by atoms with van der Waals surface area (Å²) in [4.78, 5) is 24.0. The van der Waals surface area contributed by atoms with Gasteiger partial charge in [-0.2, -0.15) is 5.10 Å². The van der Waals surface area contributed by atoms with E-state index in [1.54, 1.807) is 7.11 Å². The van der Waals surface area contributed by atoms with Crippen molar-refractivity contribution in [2.24, 2.45) is 0 Å². The number of benzene rings is 1. The molecule has 8 nitrogen and oxygen atoms in total. The number of aromatic amines is 1. The van der Waals surface area contributed by atoms with Crippen molar-refractivity contribution in [1.82, 2.24) is 30.5 Å². The highest BCUT2D eigenvalue weighted by Gasteiger charge is 2.09. The second-order valence-electron chi connectivity index (χ2n) is 4.64. The van der Waals surface area contributed by atoms with Crippen LogP contribution in [0.4, 0.5) is 0 Å². The maximum Gasteiger partial charge on any atom is 0.288 e. The van der Waals surface area contributed by atoms with Crippen LogP contribution in [0.1, 0.15) is 16.3 Å². The summed E-state index contributed by atoms with van der Waals surface area (Å²) in [6.45, 7) is 0.269. The molecule has 23 heavy (non-hydrogen) atoms. The molecule has 0 spiro atoms. The average molecular weight is 310 g/mol. The quantitative estimate of drug-likeness (QED) is 0.733. The van der Waals surface area contributed by atoms with Crippen molar-refractivity contribution in [3.63, 3.8) is 0 Å². The largest absolute Gasteiger partial charge is 0.497 e. The molecule has 1 aromatic carbocycles. The number of methoxy groups -OCH3 is 1. The molecule has 8 heteroatoms. The summed E-state index contributed by atoms with van der Waals surface area (Å²) in [5.41, 5.74) is 2.40. The normalized spacial score (nSPS) is 10.3. The van der Waals surface area contributed by atoms with Crippen LogP contribution >= 0.6 is 0 Å². The van der Waals surface area contributed by atoms with E-state index in [4.69, 9.17) is 4.74 Å². The Morgan fingerprint density at radius 3 is 2.70 bits per heavy atom. The molecule has 3 rings (SSSR count). The van der Waals surface area contributed by atoms with E-state index in [0.29, 0.717) is 5.69 Å². The van der Waals surface area contributed by atoms with Crippen molar-refractivity contribution in [3.8, 4) is 17.0 Å². The molecule has 116 valence electrons. The first-order valence-electron chi connectivity index (χ1n) is 6.85. The Morgan fingerprint density at radius 1 is 1.17 bits per heavy atom. The van der Waals surface area contributed by atoms with Crippen LogP contribution in [-0.4, -0.2) is 38.2 Å². The van der Waals surface area contributed by atoms with E-state index in [9.17, 15) is 4.79 Å². The molecule has 2 heterocycles. The maximum atomic E-state index is 11.8. The van der Waals surface area contributed by atoms with Crippen molar-refractivity contribution < 1.29 is 9.53 Å². The van der Waals surface area contributed by atoms with E-state index in [1.807, 2.05) is 30.3 Å². The second kappa shape index (κ2) is 6.65. The third-order valence-electron chi connectivity index (χ3n) is 3.17. The third-order valence-corrected chi connectivity index (χ3v) is 3.17. The number of aromatic nitrogens is 5. The number of carbonyl (C=O) groups excluding carboxylic acids is 1. The van der Waals surface area contributed by atoms with E-state index >= 15 is 0 Å². The van der Waals surface area contributed by atoms with Crippen molar-refractivity contribution in [2.75, 3.05) is 7.11 Å². The summed E-state index contributed by atoms with van der Waals surface area (Å²) in [6, 6.07) is 9.38. The van der Waals surface area contributed by atoms with Gasteiger partial charge >= 0.3 is 0 Å². The van der Waals surface area contributed by atoms with Gasteiger partial charge in [-0.15, -0.1) is 0 Å². The number of amides is 1. The minimum absolute atomic E-state index is 0.162. The second-order valence-corrected chi connectivity index (χ2v) is 4.64. The van der Waals surface area contributed by atoms with Crippen LogP contribution < -0.4 is 10.1 Å². The zero-order valence-electron chi connectivity index (χ0n) is 12.4. The summed E-state index contributed by atoms with van der Waals surface area (Å²) in [7, 11) is 1.62. The highest BCUT2D eigenvalue weighted by atomic mass is 16.5. The van der Waals surface area contributed by atoms with Gasteiger partial charge in [0.15, 0.2) is 0 Å². The van der Waals surface area contributed by atoms with E-state index in [1.165, 1.54) is 12.7 Å². The van der Waals surface area contributed by atoms with E-state index < -0.39 is 0 Å². The molecule has 0 atom stereocenters. The van der Waals surface area contributed by atoms with E-state index in [-0.39, 0.29) is 18.3 Å². The number of nitrogens with one attached hydrogen (secondary N) is 2. The number of H-pyrrole nitrogens is 1. The maximum absolute atomic E-state index is 11.8. The molecule has 0 saturated heterocycles. The number of carbonyl (C=O) groups is 1. The predicted octanol–water partition coefficient (Wildman–Crippen LogP) is 1.20. The van der Waals surface area contributed by atoms with Crippen molar-refractivity contribution in [1.29, 1.82) is 0 Å². The van der Waals surface area contributed by atoms with Gasteiger partial charge < -0.3 is 10.1 Å². The van der Waals surface area contributed by atoms with Gasteiger partial charge in [0.2, 0.25) is 5.82 Å². The monoisotopic (exact) mass is 310 g/mol. The highest BCUT2D eigenvalue weighted by Crippen LogP contribution is 2.20. The predicted molar refractivity (Wildman–Crippen MR) is 81.6 cm³/mol. The van der Waals surface area contributed by atoms with Crippen LogP contribution in [0.5, 0.6) is 5.75 Å². The fraction of sp³-hybridized carbons (Fsp3) is 0.133. The molecule has 2 aromatic heterocycles. The molecule has 1 amide bonds. The van der Waals surface area contributed by atoms with Crippen LogP contribution in [0.2, 0.25) is 0 Å². The smallest absolute Gasteiger partial charge is 0.288 e. The van der Waals surface area contributed by atoms with E-state index in [0.717, 1.165) is 17.0 Å². The zero-order valence-corrected chi connectivity index (χ0v) is 12.4. The first-order chi connectivity index (χ1) is 11.3. The SMILES string of the molecule is COc1ccc(-c2cc(CNC(=O)c3ncn[nH]3)ncn2)cc1. The van der Waals surface area contributed by atoms with Crippen LogP contribution in [0.15, 0.2) is 43.0 Å². The van der Waals surface area contributed by atoms with Crippen LogP contribution in [0, 0.1) is 0 Å². The molecular formula is C15H14N6O2. The summed E-state index contributed by atoms with van der Waals surface area (Å²) in [5.74, 6) is 0.601. The fourth-order valence-corrected chi connectivity index (χ4v) is 1.98. The highest BCUT2D eigenvalue weighted by molar-refractivity contribution is 5.90. The van der Waals surface area contributed by atoms with Gasteiger partial charge in [-0.05, 0) is 30.3 Å². The fourth-order valence-electron chi connectivity index (χ4n) is 1.98. The Balaban J connectivity index is 1.70. The van der Waals surface area contributed by atoms with Gasteiger partial charge in [0.1, 0.15) is 18.4 Å². The minimum Gasteiger partial charge on any atom is -0.497 e. The standard InChI is InChI=1S/C15H14N6O2/c1-23-12-4-2-10(3-5-12)13-6-11(17-8-18-13)7-16-15(22)14-19-9-20-21-14/h2-6,8-9H,7H2,1H3,(H,16,22)(H,19,20,21). The Bertz CT molecular complexity index is 786. The Morgan fingerprint density at radius 2 is 2.00 bits per heavy atom. The molecule has 0 saturated carbocycles. The van der Waals surface area contributed by atoms with Gasteiger partial charge in [0.05, 0.1) is 25.0 Å². The molecule has 0 unspecified atom stereocenters. The molecule has 0 fully saturated rings. The van der Waals surface area contributed by atoms with E-state index in [2.05, 4.69) is 30.5 Å². The van der Waals surface area contributed by atoms with Crippen LogP contribution in [0.25, 0.3) is 11.3 Å². The molecule has 0 aliphatic carbocycles. The average Bonchev–Trinajstić information content (AvgIpc) is 3.15. The van der Waals surface area contributed by atoms with Crippen molar-refractivity contribution >= 4 is 5.91 Å². The molecule has 2 N–H and O–H groups in total. The number of nitrogens with zero attached hydrogens (tertiary/aromatic N) is 4. The Kier molecular flexibility index (Phi) is 4.23. The number of ether oxygens (including phenoxy) is 1. The van der Waals surface area contributed by atoms with Crippen molar-refractivity contribution in [2.45, 2.75) is 6.54 Å². The molecule has 0 bridgehead atoms. The molecule has 0 aliphatic rings. The number of hydrogen-bond donors (Lipinski definition) is 2. The molecular weight excluding hydrogens is 296 g/mol. The Labute approximate surface area is 132 Å². The Hall–Kier alpha value is -3.29. The van der Waals surface area contributed by atoms with Crippen LogP contribution in [0.3, 0.4) is 0 Å². The van der Waals surface area contributed by atoms with Crippen LogP contribution in [-0.2, 0) is 6.54 Å². The topological polar surface area (TPSA) is 106 Å².